The van der Waals surface area contributed by atoms with Gasteiger partial charge < -0.3 is 9.15 Å². The molecule has 4 aliphatic rings. The fourth-order valence-corrected chi connectivity index (χ4v) is 8.47. The Morgan fingerprint density at radius 3 is 2.61 bits per heavy atom. The molecule has 1 heterocycles. The van der Waals surface area contributed by atoms with E-state index in [1.165, 1.54) is 13.2 Å². The molecule has 5 nitrogen and oxygen atoms in total. The van der Waals surface area contributed by atoms with Crippen molar-refractivity contribution in [2.75, 3.05) is 0 Å². The number of ketones is 1. The Morgan fingerprint density at radius 1 is 1.10 bits per heavy atom. The van der Waals surface area contributed by atoms with Crippen molar-refractivity contribution in [2.24, 2.45) is 34.5 Å². The summed E-state index contributed by atoms with van der Waals surface area (Å²) in [4.78, 5) is 36.7. The zero-order chi connectivity index (χ0) is 22.0. The van der Waals surface area contributed by atoms with E-state index >= 15 is 0 Å². The van der Waals surface area contributed by atoms with Crippen LogP contribution in [-0.2, 0) is 14.3 Å². The molecule has 4 aliphatic carbocycles. The van der Waals surface area contributed by atoms with E-state index < -0.39 is 0 Å². The SMILES string of the molecule is CC(=O)O[C@H]1CC[C@@]2(C)C(CCC3C2CC[C@]2(C)C(c4ccoc(=O)c4)CC(=O)[C@H]32)C1. The number of carbonyl (C=O) groups is 2. The molecule has 0 amide bonds. The van der Waals surface area contributed by atoms with Crippen molar-refractivity contribution in [1.82, 2.24) is 0 Å². The molecular formula is C26H34O5. The number of fused-ring (bicyclic) bond motifs is 5. The largest absolute Gasteiger partial charge is 0.463 e. The van der Waals surface area contributed by atoms with E-state index in [0.717, 1.165) is 50.5 Å². The Hall–Kier alpha value is -1.91. The topological polar surface area (TPSA) is 73.6 Å². The van der Waals surface area contributed by atoms with Gasteiger partial charge in [-0.25, -0.2) is 4.79 Å². The van der Waals surface area contributed by atoms with Crippen LogP contribution in [0.2, 0.25) is 0 Å². The van der Waals surface area contributed by atoms with Crippen molar-refractivity contribution in [3.63, 3.8) is 0 Å². The van der Waals surface area contributed by atoms with Crippen LogP contribution in [-0.4, -0.2) is 17.9 Å². The van der Waals surface area contributed by atoms with Crippen molar-refractivity contribution in [3.05, 3.63) is 34.4 Å². The minimum Gasteiger partial charge on any atom is -0.463 e. The van der Waals surface area contributed by atoms with Gasteiger partial charge in [0.05, 0.1) is 6.26 Å². The lowest BCUT2D eigenvalue weighted by atomic mass is 9.44. The maximum absolute atomic E-state index is 13.4. The predicted octanol–water partition coefficient (Wildman–Crippen LogP) is 4.88. The van der Waals surface area contributed by atoms with Gasteiger partial charge in [0.25, 0.3) is 0 Å². The standard InChI is InChI=1S/C26H34O5/c1-15(27)31-18-6-9-25(2)17(13-18)4-5-19-20(25)7-10-26(3)21(14-22(28)24(19)26)16-8-11-30-23(29)12-16/h8,11-12,17-21,24H,4-7,9-10,13-14H2,1-3H3/t17?,18-,19?,20?,21?,24-,25-,26+/m0/s1. The summed E-state index contributed by atoms with van der Waals surface area (Å²) in [7, 11) is 0. The molecule has 5 rings (SSSR count). The highest BCUT2D eigenvalue weighted by Crippen LogP contribution is 2.68. The van der Waals surface area contributed by atoms with Crippen LogP contribution >= 0.6 is 0 Å². The van der Waals surface area contributed by atoms with Crippen LogP contribution in [0.5, 0.6) is 0 Å². The van der Waals surface area contributed by atoms with E-state index in [1.54, 1.807) is 6.07 Å². The van der Waals surface area contributed by atoms with E-state index in [4.69, 9.17) is 9.15 Å². The molecule has 4 unspecified atom stereocenters. The van der Waals surface area contributed by atoms with E-state index in [-0.39, 0.29) is 40.4 Å². The van der Waals surface area contributed by atoms with Gasteiger partial charge in [0.15, 0.2) is 0 Å². The van der Waals surface area contributed by atoms with Gasteiger partial charge in [0.2, 0.25) is 0 Å². The zero-order valence-corrected chi connectivity index (χ0v) is 18.9. The van der Waals surface area contributed by atoms with Crippen molar-refractivity contribution < 1.29 is 18.7 Å². The third-order valence-corrected chi connectivity index (χ3v) is 9.84. The number of ether oxygens (including phenoxy) is 1. The highest BCUT2D eigenvalue weighted by molar-refractivity contribution is 5.86. The average Bonchev–Trinajstić information content (AvgIpc) is 2.99. The van der Waals surface area contributed by atoms with Crippen LogP contribution < -0.4 is 5.63 Å². The van der Waals surface area contributed by atoms with Crippen molar-refractivity contribution >= 4 is 11.8 Å². The lowest BCUT2D eigenvalue weighted by Gasteiger charge is -2.60. The number of hydrogen-bond acceptors (Lipinski definition) is 5. The molecule has 5 heteroatoms. The molecule has 0 aromatic carbocycles. The third-order valence-electron chi connectivity index (χ3n) is 9.84. The average molecular weight is 427 g/mol. The van der Waals surface area contributed by atoms with Crippen molar-refractivity contribution in [2.45, 2.75) is 84.2 Å². The second-order valence-electron chi connectivity index (χ2n) is 11.2. The fourth-order valence-electron chi connectivity index (χ4n) is 8.47. The summed E-state index contributed by atoms with van der Waals surface area (Å²) >= 11 is 0. The first-order chi connectivity index (χ1) is 14.7. The van der Waals surface area contributed by atoms with E-state index in [9.17, 15) is 14.4 Å². The Morgan fingerprint density at radius 2 is 1.87 bits per heavy atom. The Kier molecular flexibility index (Phi) is 4.95. The first kappa shape index (κ1) is 21.0. The Bertz CT molecular complexity index is 949. The normalized spacial score (nSPS) is 44.2. The van der Waals surface area contributed by atoms with E-state index in [1.807, 2.05) is 6.07 Å². The minimum absolute atomic E-state index is 0.0586. The number of rotatable bonds is 2. The van der Waals surface area contributed by atoms with Crippen molar-refractivity contribution in [3.8, 4) is 0 Å². The molecule has 4 fully saturated rings. The summed E-state index contributed by atoms with van der Waals surface area (Å²) in [6.45, 7) is 6.25. The number of esters is 1. The van der Waals surface area contributed by atoms with Gasteiger partial charge in [0, 0.05) is 25.3 Å². The summed E-state index contributed by atoms with van der Waals surface area (Å²) in [5, 5.41) is 0. The monoisotopic (exact) mass is 426 g/mol. The van der Waals surface area contributed by atoms with Gasteiger partial charge in [-0.15, -0.1) is 0 Å². The minimum atomic E-state index is -0.330. The molecule has 8 atom stereocenters. The van der Waals surface area contributed by atoms with Crippen LogP contribution in [0.4, 0.5) is 0 Å². The maximum Gasteiger partial charge on any atom is 0.335 e. The third kappa shape index (κ3) is 3.22. The molecule has 1 aromatic rings. The number of carbonyl (C=O) groups excluding carboxylic acids is 2. The summed E-state index contributed by atoms with van der Waals surface area (Å²) in [6, 6.07) is 3.47. The molecule has 168 valence electrons. The van der Waals surface area contributed by atoms with Crippen molar-refractivity contribution in [1.29, 1.82) is 0 Å². The summed E-state index contributed by atoms with van der Waals surface area (Å²) in [5.74, 6) is 1.99. The van der Waals surface area contributed by atoms with Gasteiger partial charge in [-0.2, -0.15) is 0 Å². The van der Waals surface area contributed by atoms with Crippen LogP contribution in [0.1, 0.15) is 83.6 Å². The molecule has 0 aliphatic heterocycles. The molecule has 0 saturated heterocycles. The second-order valence-corrected chi connectivity index (χ2v) is 11.2. The zero-order valence-electron chi connectivity index (χ0n) is 18.9. The molecule has 1 aromatic heterocycles. The fraction of sp³-hybridized carbons (Fsp3) is 0.731. The van der Waals surface area contributed by atoms with Crippen LogP contribution in [0.25, 0.3) is 0 Å². The van der Waals surface area contributed by atoms with Gasteiger partial charge in [0.1, 0.15) is 11.9 Å². The van der Waals surface area contributed by atoms with Gasteiger partial charge in [-0.05, 0) is 91.1 Å². The van der Waals surface area contributed by atoms with Crippen LogP contribution in [0, 0.1) is 34.5 Å². The van der Waals surface area contributed by atoms with Gasteiger partial charge >= 0.3 is 11.6 Å². The Labute approximate surface area is 183 Å². The molecular weight excluding hydrogens is 392 g/mol. The highest BCUT2D eigenvalue weighted by Gasteiger charge is 2.63. The molecule has 0 bridgehead atoms. The number of hydrogen-bond donors (Lipinski definition) is 0. The predicted molar refractivity (Wildman–Crippen MR) is 115 cm³/mol. The smallest absolute Gasteiger partial charge is 0.335 e. The lowest BCUT2D eigenvalue weighted by molar-refractivity contribution is -0.161. The first-order valence-electron chi connectivity index (χ1n) is 12.0. The molecule has 0 N–H and O–H groups in total. The molecule has 31 heavy (non-hydrogen) atoms. The molecule has 0 spiro atoms. The first-order valence-corrected chi connectivity index (χ1v) is 12.0. The van der Waals surface area contributed by atoms with E-state index in [2.05, 4.69) is 13.8 Å². The number of Topliss-reactive ketones (excluding diaryl/α,β-unsaturated/α-hetero) is 1. The summed E-state index contributed by atoms with van der Waals surface area (Å²) in [6.07, 6.45) is 9.45. The van der Waals surface area contributed by atoms with Crippen LogP contribution in [0.3, 0.4) is 0 Å². The van der Waals surface area contributed by atoms with E-state index in [0.29, 0.717) is 30.0 Å². The van der Waals surface area contributed by atoms with Crippen LogP contribution in [0.15, 0.2) is 27.6 Å². The summed E-state index contributed by atoms with van der Waals surface area (Å²) in [5.41, 5.74) is 0.787. The molecule has 0 radical (unpaired) electrons. The quantitative estimate of drug-likeness (QED) is 0.631. The van der Waals surface area contributed by atoms with Gasteiger partial charge in [-0.1, -0.05) is 13.8 Å². The second kappa shape index (κ2) is 7.31. The molecule has 4 saturated carbocycles. The highest BCUT2D eigenvalue weighted by atomic mass is 16.5. The lowest BCUT2D eigenvalue weighted by Crippen LogP contribution is -2.54. The summed E-state index contributed by atoms with van der Waals surface area (Å²) < 4.78 is 10.5. The Balaban J connectivity index is 1.41. The van der Waals surface area contributed by atoms with Gasteiger partial charge in [-0.3, -0.25) is 9.59 Å². The maximum atomic E-state index is 13.4.